The zero-order valence-electron chi connectivity index (χ0n) is 18.9. The lowest BCUT2D eigenvalue weighted by molar-refractivity contribution is -0.122. The van der Waals surface area contributed by atoms with Crippen molar-refractivity contribution in [2.24, 2.45) is 0 Å². The van der Waals surface area contributed by atoms with Crippen LogP contribution in [0.1, 0.15) is 22.8 Å². The van der Waals surface area contributed by atoms with Crippen molar-refractivity contribution in [1.82, 2.24) is 25.9 Å². The van der Waals surface area contributed by atoms with Crippen molar-refractivity contribution in [3.63, 3.8) is 0 Å². The van der Waals surface area contributed by atoms with E-state index < -0.39 is 17.7 Å². The predicted molar refractivity (Wildman–Crippen MR) is 133 cm³/mol. The number of amides is 3. The van der Waals surface area contributed by atoms with Crippen LogP contribution in [0.5, 0.6) is 0 Å². The molecule has 4 aromatic rings. The fraction of sp³-hybridized carbons (Fsp3) is 0.0370. The van der Waals surface area contributed by atoms with Gasteiger partial charge in [-0.05, 0) is 23.8 Å². The lowest BCUT2D eigenvalue weighted by Crippen LogP contribution is -2.45. The molecule has 0 saturated carbocycles. The quantitative estimate of drug-likeness (QED) is 0.300. The van der Waals surface area contributed by atoms with Gasteiger partial charge in [0.15, 0.2) is 0 Å². The number of hydrogen-bond acceptors (Lipinski definition) is 4. The van der Waals surface area contributed by atoms with Crippen LogP contribution in [0.4, 0.5) is 0 Å². The summed E-state index contributed by atoms with van der Waals surface area (Å²) >= 11 is 0. The van der Waals surface area contributed by atoms with Crippen LogP contribution in [-0.2, 0) is 9.59 Å². The third-order valence-corrected chi connectivity index (χ3v) is 4.98. The third kappa shape index (κ3) is 5.88. The summed E-state index contributed by atoms with van der Waals surface area (Å²) in [5.74, 6) is -1.64. The average molecular weight is 466 g/mol. The molecular formula is C27H23N5O3. The van der Waals surface area contributed by atoms with Crippen LogP contribution in [0.15, 0.2) is 103 Å². The summed E-state index contributed by atoms with van der Waals surface area (Å²) < 4.78 is 1.61. The highest BCUT2D eigenvalue weighted by molar-refractivity contribution is 6.04. The number of nitrogens with one attached hydrogen (secondary N) is 3. The first-order valence-corrected chi connectivity index (χ1v) is 10.9. The SMILES string of the molecule is CC(=O)N/C(=C/c1ccccc1)C(=O)NNC(=O)c1cn(-c2ccccc2)nc1-c1ccccc1. The van der Waals surface area contributed by atoms with Gasteiger partial charge in [-0.15, -0.1) is 0 Å². The van der Waals surface area contributed by atoms with Crippen molar-refractivity contribution in [2.75, 3.05) is 0 Å². The van der Waals surface area contributed by atoms with E-state index in [-0.39, 0.29) is 11.3 Å². The molecule has 174 valence electrons. The summed E-state index contributed by atoms with van der Waals surface area (Å²) in [6, 6.07) is 27.7. The molecule has 0 atom stereocenters. The van der Waals surface area contributed by atoms with Crippen molar-refractivity contribution in [2.45, 2.75) is 6.92 Å². The highest BCUT2D eigenvalue weighted by Gasteiger charge is 2.20. The van der Waals surface area contributed by atoms with Gasteiger partial charge in [-0.1, -0.05) is 78.9 Å². The van der Waals surface area contributed by atoms with E-state index in [1.807, 2.05) is 78.9 Å². The van der Waals surface area contributed by atoms with Crippen molar-refractivity contribution >= 4 is 23.8 Å². The van der Waals surface area contributed by atoms with Crippen molar-refractivity contribution in [1.29, 1.82) is 0 Å². The summed E-state index contributed by atoms with van der Waals surface area (Å²) in [5.41, 5.74) is 7.78. The Morgan fingerprint density at radius 2 is 1.40 bits per heavy atom. The van der Waals surface area contributed by atoms with Gasteiger partial charge in [0, 0.05) is 18.7 Å². The molecule has 1 heterocycles. The van der Waals surface area contributed by atoms with E-state index in [2.05, 4.69) is 21.3 Å². The molecule has 0 saturated heterocycles. The maximum atomic E-state index is 13.1. The lowest BCUT2D eigenvalue weighted by Gasteiger charge is -2.11. The van der Waals surface area contributed by atoms with Crippen molar-refractivity contribution in [3.05, 3.63) is 114 Å². The number of carbonyl (C=O) groups excluding carboxylic acids is 3. The highest BCUT2D eigenvalue weighted by atomic mass is 16.2. The number of aromatic nitrogens is 2. The maximum absolute atomic E-state index is 13.1. The Hall–Kier alpha value is -4.98. The Morgan fingerprint density at radius 3 is 2.03 bits per heavy atom. The van der Waals surface area contributed by atoms with Crippen LogP contribution in [0, 0.1) is 0 Å². The molecule has 4 rings (SSSR count). The third-order valence-electron chi connectivity index (χ3n) is 4.98. The zero-order chi connectivity index (χ0) is 24.6. The molecule has 0 fully saturated rings. The Balaban J connectivity index is 1.58. The minimum atomic E-state index is -0.672. The van der Waals surface area contributed by atoms with E-state index in [0.29, 0.717) is 11.3 Å². The molecule has 3 aromatic carbocycles. The normalized spacial score (nSPS) is 10.9. The van der Waals surface area contributed by atoms with Gasteiger partial charge in [0.25, 0.3) is 11.8 Å². The summed E-state index contributed by atoms with van der Waals surface area (Å²) in [6.07, 6.45) is 3.12. The van der Waals surface area contributed by atoms with Crippen molar-refractivity contribution < 1.29 is 14.4 Å². The smallest absolute Gasteiger partial charge is 0.286 e. The fourth-order valence-electron chi connectivity index (χ4n) is 3.37. The minimum absolute atomic E-state index is 0.00716. The Kier molecular flexibility index (Phi) is 7.13. The number of nitrogens with zero attached hydrogens (tertiary/aromatic N) is 2. The van der Waals surface area contributed by atoms with E-state index in [9.17, 15) is 14.4 Å². The molecular weight excluding hydrogens is 442 g/mol. The summed E-state index contributed by atoms with van der Waals surface area (Å²) in [5, 5.41) is 7.10. The van der Waals surface area contributed by atoms with Gasteiger partial charge in [0.05, 0.1) is 11.3 Å². The first kappa shape index (κ1) is 23.2. The summed E-state index contributed by atoms with van der Waals surface area (Å²) in [4.78, 5) is 37.5. The van der Waals surface area contributed by atoms with E-state index in [1.165, 1.54) is 13.0 Å². The number of rotatable bonds is 6. The molecule has 3 N–H and O–H groups in total. The van der Waals surface area contributed by atoms with Crippen molar-refractivity contribution in [3.8, 4) is 16.9 Å². The second-order valence-corrected chi connectivity index (χ2v) is 7.60. The standard InChI is InChI=1S/C27H23N5O3/c1-19(33)28-24(17-20-11-5-2-6-12-20)27(35)30-29-26(34)23-18-32(22-15-9-4-10-16-22)31-25(23)21-13-7-3-8-14-21/h2-18H,1H3,(H,28,33)(H,29,34)(H,30,35)/b24-17+. The molecule has 0 unspecified atom stereocenters. The number of carbonyl (C=O) groups is 3. The molecule has 0 aliphatic carbocycles. The number of benzene rings is 3. The molecule has 35 heavy (non-hydrogen) atoms. The maximum Gasteiger partial charge on any atom is 0.286 e. The lowest BCUT2D eigenvalue weighted by atomic mass is 10.1. The largest absolute Gasteiger partial charge is 0.322 e. The van der Waals surface area contributed by atoms with Crippen LogP contribution < -0.4 is 16.2 Å². The van der Waals surface area contributed by atoms with E-state index in [4.69, 9.17) is 0 Å². The second kappa shape index (κ2) is 10.8. The zero-order valence-corrected chi connectivity index (χ0v) is 18.9. The molecule has 0 aliphatic heterocycles. The Bertz CT molecular complexity index is 1360. The first-order chi connectivity index (χ1) is 17.0. The average Bonchev–Trinajstić information content (AvgIpc) is 3.34. The molecule has 0 aliphatic rings. The van der Waals surface area contributed by atoms with Gasteiger partial charge in [0.1, 0.15) is 11.4 Å². The molecule has 8 nitrogen and oxygen atoms in total. The minimum Gasteiger partial charge on any atom is -0.322 e. The molecule has 3 amide bonds. The summed E-state index contributed by atoms with van der Waals surface area (Å²) in [7, 11) is 0. The van der Waals surface area contributed by atoms with E-state index in [1.54, 1.807) is 23.0 Å². The number of hydrogen-bond donors (Lipinski definition) is 3. The van der Waals surface area contributed by atoms with Gasteiger partial charge in [0.2, 0.25) is 5.91 Å². The van der Waals surface area contributed by atoms with Gasteiger partial charge >= 0.3 is 0 Å². The van der Waals surface area contributed by atoms with Gasteiger partial charge in [-0.3, -0.25) is 25.2 Å². The predicted octanol–water partition coefficient (Wildman–Crippen LogP) is 3.48. The Labute approximate surface area is 202 Å². The molecule has 0 spiro atoms. The van der Waals surface area contributed by atoms with E-state index >= 15 is 0 Å². The fourth-order valence-corrected chi connectivity index (χ4v) is 3.37. The highest BCUT2D eigenvalue weighted by Crippen LogP contribution is 2.23. The van der Waals surface area contributed by atoms with Gasteiger partial charge in [-0.25, -0.2) is 4.68 Å². The Morgan fingerprint density at radius 1 is 0.800 bits per heavy atom. The first-order valence-electron chi connectivity index (χ1n) is 10.9. The molecule has 0 radical (unpaired) electrons. The van der Waals surface area contributed by atoms with Crippen LogP contribution in [0.3, 0.4) is 0 Å². The van der Waals surface area contributed by atoms with Gasteiger partial charge < -0.3 is 5.32 Å². The number of hydrazine groups is 1. The number of para-hydroxylation sites is 1. The van der Waals surface area contributed by atoms with Crippen LogP contribution in [-0.4, -0.2) is 27.5 Å². The monoisotopic (exact) mass is 465 g/mol. The van der Waals surface area contributed by atoms with Crippen LogP contribution >= 0.6 is 0 Å². The van der Waals surface area contributed by atoms with Crippen LogP contribution in [0.2, 0.25) is 0 Å². The van der Waals surface area contributed by atoms with Gasteiger partial charge in [-0.2, -0.15) is 5.10 Å². The second-order valence-electron chi connectivity index (χ2n) is 7.60. The van der Waals surface area contributed by atoms with E-state index in [0.717, 1.165) is 11.3 Å². The molecule has 0 bridgehead atoms. The van der Waals surface area contributed by atoms with Crippen LogP contribution in [0.25, 0.3) is 23.0 Å². The summed E-state index contributed by atoms with van der Waals surface area (Å²) in [6.45, 7) is 1.30. The molecule has 8 heteroatoms. The molecule has 1 aromatic heterocycles. The topological polar surface area (TPSA) is 105 Å².